The number of ether oxygens (including phenoxy) is 1. The number of hydrogen-bond acceptors (Lipinski definition) is 3. The Bertz CT molecular complexity index is 643. The van der Waals surface area contributed by atoms with Crippen molar-refractivity contribution in [3.05, 3.63) is 59.4 Å². The van der Waals surface area contributed by atoms with E-state index < -0.39 is 17.9 Å². The van der Waals surface area contributed by atoms with E-state index in [1.807, 2.05) is 30.3 Å². The molecule has 0 amide bonds. The van der Waals surface area contributed by atoms with Gasteiger partial charge in [-0.1, -0.05) is 18.2 Å². The topological polar surface area (TPSA) is 58.6 Å². The van der Waals surface area contributed by atoms with Gasteiger partial charge in [0.25, 0.3) is 0 Å². The van der Waals surface area contributed by atoms with E-state index in [2.05, 4.69) is 5.32 Å². The molecule has 2 N–H and O–H groups in total. The van der Waals surface area contributed by atoms with Crippen LogP contribution < -0.4 is 5.32 Å². The maximum atomic E-state index is 14.4. The summed E-state index contributed by atoms with van der Waals surface area (Å²) in [6.07, 6.45) is -0.574. The first kappa shape index (κ1) is 15.0. The molecule has 0 aliphatic heterocycles. The number of aromatic carboxylic acids is 1. The fourth-order valence-corrected chi connectivity index (χ4v) is 2.06. The molecule has 4 nitrogen and oxygen atoms in total. The Labute approximate surface area is 122 Å². The molecule has 0 radical (unpaired) electrons. The predicted molar refractivity (Wildman–Crippen MR) is 78.5 cm³/mol. The minimum atomic E-state index is -1.30. The van der Waals surface area contributed by atoms with E-state index in [0.717, 1.165) is 5.69 Å². The van der Waals surface area contributed by atoms with Gasteiger partial charge in [0, 0.05) is 24.0 Å². The quantitative estimate of drug-likeness (QED) is 0.874. The van der Waals surface area contributed by atoms with Crippen LogP contribution in [0.25, 0.3) is 0 Å². The van der Waals surface area contributed by atoms with Crippen LogP contribution in [0.1, 0.15) is 28.9 Å². The molecular formula is C16H16FNO3. The summed E-state index contributed by atoms with van der Waals surface area (Å²) in [5.74, 6) is -2.08. The standard InChI is InChI=1S/C16H16FNO3/c1-10(21-2)14-13(18-11-6-4-3-5-7-11)9-8-12(15(14)17)16(19)20/h3-10,18H,1-2H3,(H,19,20). The summed E-state index contributed by atoms with van der Waals surface area (Å²) in [5, 5.41) is 12.1. The summed E-state index contributed by atoms with van der Waals surface area (Å²) in [5.41, 5.74) is 1.09. The molecule has 0 fully saturated rings. The number of methoxy groups -OCH3 is 1. The predicted octanol–water partition coefficient (Wildman–Crippen LogP) is 3.97. The van der Waals surface area contributed by atoms with Crippen molar-refractivity contribution in [1.29, 1.82) is 0 Å². The van der Waals surface area contributed by atoms with E-state index in [1.165, 1.54) is 13.2 Å². The Balaban J connectivity index is 2.50. The van der Waals surface area contributed by atoms with Gasteiger partial charge in [0.2, 0.25) is 0 Å². The van der Waals surface area contributed by atoms with Crippen LogP contribution in [0, 0.1) is 5.82 Å². The Hall–Kier alpha value is -2.40. The number of carbonyl (C=O) groups is 1. The molecule has 110 valence electrons. The lowest BCUT2D eigenvalue weighted by Crippen LogP contribution is -2.10. The van der Waals surface area contributed by atoms with Gasteiger partial charge >= 0.3 is 5.97 Å². The van der Waals surface area contributed by atoms with E-state index in [4.69, 9.17) is 9.84 Å². The van der Waals surface area contributed by atoms with Crippen molar-refractivity contribution in [1.82, 2.24) is 0 Å². The van der Waals surface area contributed by atoms with Gasteiger partial charge in [-0.25, -0.2) is 9.18 Å². The zero-order chi connectivity index (χ0) is 15.4. The second kappa shape index (κ2) is 6.37. The van der Waals surface area contributed by atoms with Crippen molar-refractivity contribution < 1.29 is 19.0 Å². The van der Waals surface area contributed by atoms with Crippen LogP contribution in [0.4, 0.5) is 15.8 Å². The van der Waals surface area contributed by atoms with E-state index in [9.17, 15) is 9.18 Å². The minimum absolute atomic E-state index is 0.196. The van der Waals surface area contributed by atoms with Crippen LogP contribution >= 0.6 is 0 Å². The highest BCUT2D eigenvalue weighted by atomic mass is 19.1. The Morgan fingerprint density at radius 1 is 1.24 bits per heavy atom. The molecule has 0 saturated carbocycles. The smallest absolute Gasteiger partial charge is 0.338 e. The molecule has 0 aliphatic carbocycles. The molecule has 0 heterocycles. The SMILES string of the molecule is COC(C)c1c(Nc2ccccc2)ccc(C(=O)O)c1F. The fourth-order valence-electron chi connectivity index (χ4n) is 2.06. The number of carboxylic acid groups (broad SMARTS) is 1. The van der Waals surface area contributed by atoms with Gasteiger partial charge in [0.15, 0.2) is 0 Å². The molecular weight excluding hydrogens is 273 g/mol. The van der Waals surface area contributed by atoms with Crippen molar-refractivity contribution in [2.24, 2.45) is 0 Å². The van der Waals surface area contributed by atoms with Crippen LogP contribution in [0.2, 0.25) is 0 Å². The number of rotatable bonds is 5. The monoisotopic (exact) mass is 289 g/mol. The summed E-state index contributed by atoms with van der Waals surface area (Å²) in [4.78, 5) is 11.1. The fraction of sp³-hybridized carbons (Fsp3) is 0.188. The molecule has 1 unspecified atom stereocenters. The Morgan fingerprint density at radius 3 is 2.48 bits per heavy atom. The van der Waals surface area contributed by atoms with Crippen molar-refractivity contribution >= 4 is 17.3 Å². The highest BCUT2D eigenvalue weighted by Gasteiger charge is 2.22. The van der Waals surface area contributed by atoms with Crippen LogP contribution in [-0.4, -0.2) is 18.2 Å². The normalized spacial score (nSPS) is 12.0. The van der Waals surface area contributed by atoms with Crippen molar-refractivity contribution in [3.63, 3.8) is 0 Å². The molecule has 2 aromatic carbocycles. The summed E-state index contributed by atoms with van der Waals surface area (Å²) in [6.45, 7) is 1.67. The first-order valence-corrected chi connectivity index (χ1v) is 6.45. The minimum Gasteiger partial charge on any atom is -0.478 e. The van der Waals surface area contributed by atoms with E-state index >= 15 is 0 Å². The molecule has 0 bridgehead atoms. The van der Waals surface area contributed by atoms with Crippen molar-refractivity contribution in [3.8, 4) is 0 Å². The molecule has 0 spiro atoms. The maximum absolute atomic E-state index is 14.4. The van der Waals surface area contributed by atoms with Gasteiger partial charge in [0.1, 0.15) is 5.82 Å². The van der Waals surface area contributed by atoms with Gasteiger partial charge in [-0.05, 0) is 31.2 Å². The van der Waals surface area contributed by atoms with Crippen LogP contribution in [0.3, 0.4) is 0 Å². The molecule has 2 rings (SSSR count). The summed E-state index contributed by atoms with van der Waals surface area (Å²) in [7, 11) is 1.45. The largest absolute Gasteiger partial charge is 0.478 e. The van der Waals surface area contributed by atoms with Crippen LogP contribution in [-0.2, 0) is 4.74 Å². The zero-order valence-corrected chi connectivity index (χ0v) is 11.8. The van der Waals surface area contributed by atoms with Crippen LogP contribution in [0.15, 0.2) is 42.5 Å². The lowest BCUT2D eigenvalue weighted by molar-refractivity contribution is 0.0690. The molecule has 1 atom stereocenters. The number of para-hydroxylation sites is 1. The molecule has 21 heavy (non-hydrogen) atoms. The third kappa shape index (κ3) is 3.20. The zero-order valence-electron chi connectivity index (χ0n) is 11.8. The number of carboxylic acids is 1. The maximum Gasteiger partial charge on any atom is 0.338 e. The van der Waals surface area contributed by atoms with Crippen molar-refractivity contribution in [2.75, 3.05) is 12.4 Å². The van der Waals surface area contributed by atoms with Crippen molar-refractivity contribution in [2.45, 2.75) is 13.0 Å². The lowest BCUT2D eigenvalue weighted by Gasteiger charge is -2.18. The van der Waals surface area contributed by atoms with E-state index in [0.29, 0.717) is 5.69 Å². The molecule has 2 aromatic rings. The van der Waals surface area contributed by atoms with Gasteiger partial charge in [-0.2, -0.15) is 0 Å². The Kier molecular flexibility index (Phi) is 4.55. The Morgan fingerprint density at radius 2 is 1.90 bits per heavy atom. The van der Waals surface area contributed by atoms with Gasteiger partial charge < -0.3 is 15.2 Å². The summed E-state index contributed by atoms with van der Waals surface area (Å²) >= 11 is 0. The third-order valence-electron chi connectivity index (χ3n) is 3.22. The second-order valence-electron chi connectivity index (χ2n) is 4.56. The molecule has 5 heteroatoms. The van der Waals surface area contributed by atoms with Gasteiger partial charge in [-0.3, -0.25) is 0 Å². The van der Waals surface area contributed by atoms with Crippen LogP contribution in [0.5, 0.6) is 0 Å². The first-order valence-electron chi connectivity index (χ1n) is 6.45. The number of halogens is 1. The number of benzene rings is 2. The molecule has 0 saturated heterocycles. The number of anilines is 2. The number of nitrogens with one attached hydrogen (secondary N) is 1. The highest BCUT2D eigenvalue weighted by molar-refractivity contribution is 5.89. The lowest BCUT2D eigenvalue weighted by atomic mass is 10.0. The summed E-state index contributed by atoms with van der Waals surface area (Å²) < 4.78 is 19.6. The molecule has 0 aromatic heterocycles. The number of hydrogen-bond donors (Lipinski definition) is 2. The van der Waals surface area contributed by atoms with Gasteiger partial charge in [-0.15, -0.1) is 0 Å². The molecule has 0 aliphatic rings. The highest BCUT2D eigenvalue weighted by Crippen LogP contribution is 2.32. The van der Waals surface area contributed by atoms with Gasteiger partial charge in [0.05, 0.1) is 11.7 Å². The second-order valence-corrected chi connectivity index (χ2v) is 4.56. The average molecular weight is 289 g/mol. The first-order chi connectivity index (χ1) is 10.0. The van der Waals surface area contributed by atoms with E-state index in [-0.39, 0.29) is 11.1 Å². The average Bonchev–Trinajstić information content (AvgIpc) is 2.47. The van der Waals surface area contributed by atoms with E-state index in [1.54, 1.807) is 13.0 Å². The summed E-state index contributed by atoms with van der Waals surface area (Å²) in [6, 6.07) is 12.0. The third-order valence-corrected chi connectivity index (χ3v) is 3.22.